The van der Waals surface area contributed by atoms with Crippen molar-refractivity contribution in [2.45, 2.75) is 20.3 Å². The summed E-state index contributed by atoms with van der Waals surface area (Å²) in [6, 6.07) is 13.1. The summed E-state index contributed by atoms with van der Waals surface area (Å²) in [5.74, 6) is 0.0395. The molecule has 0 bridgehead atoms. The lowest BCUT2D eigenvalue weighted by Gasteiger charge is -2.20. The van der Waals surface area contributed by atoms with Crippen molar-refractivity contribution in [3.8, 4) is 5.75 Å². The molecule has 2 heterocycles. The number of fused-ring (bicyclic) bond motifs is 1. The van der Waals surface area contributed by atoms with E-state index < -0.39 is 5.92 Å². The Bertz CT molecular complexity index is 1050. The van der Waals surface area contributed by atoms with Gasteiger partial charge in [-0.05, 0) is 44.2 Å². The maximum atomic E-state index is 12.8. The molecule has 6 nitrogen and oxygen atoms in total. The molecule has 7 heteroatoms. The van der Waals surface area contributed by atoms with Crippen LogP contribution in [0.2, 0.25) is 0 Å². The van der Waals surface area contributed by atoms with Gasteiger partial charge in [-0.2, -0.15) is 0 Å². The molecular formula is C21H21N3O3S. The predicted molar refractivity (Wildman–Crippen MR) is 111 cm³/mol. The number of anilines is 2. The largest absolute Gasteiger partial charge is 0.492 e. The first-order valence-corrected chi connectivity index (χ1v) is 10.1. The fourth-order valence-electron chi connectivity index (χ4n) is 3.44. The second kappa shape index (κ2) is 7.59. The Labute approximate surface area is 167 Å². The molecule has 3 aromatic rings. The number of aryl methyl sites for hydroxylation is 1. The zero-order chi connectivity index (χ0) is 19.7. The number of thiazole rings is 1. The molecule has 0 aliphatic carbocycles. The van der Waals surface area contributed by atoms with Crippen LogP contribution in [0.5, 0.6) is 5.75 Å². The number of hydrogen-bond acceptors (Lipinski definition) is 5. The van der Waals surface area contributed by atoms with E-state index in [4.69, 9.17) is 4.74 Å². The summed E-state index contributed by atoms with van der Waals surface area (Å²) in [6.45, 7) is 4.72. The average Bonchev–Trinajstić information content (AvgIpc) is 3.24. The van der Waals surface area contributed by atoms with Gasteiger partial charge in [-0.15, -0.1) is 11.3 Å². The molecule has 0 radical (unpaired) electrons. The van der Waals surface area contributed by atoms with E-state index in [1.165, 1.54) is 0 Å². The van der Waals surface area contributed by atoms with Crippen molar-refractivity contribution >= 4 is 44.7 Å². The van der Waals surface area contributed by atoms with Gasteiger partial charge in [0.2, 0.25) is 11.8 Å². The van der Waals surface area contributed by atoms with Crippen LogP contribution in [0.3, 0.4) is 0 Å². The van der Waals surface area contributed by atoms with E-state index in [-0.39, 0.29) is 18.2 Å². The van der Waals surface area contributed by atoms with Gasteiger partial charge in [-0.3, -0.25) is 9.59 Å². The van der Waals surface area contributed by atoms with Gasteiger partial charge in [0.1, 0.15) is 5.75 Å². The predicted octanol–water partition coefficient (Wildman–Crippen LogP) is 4.00. The molecule has 28 heavy (non-hydrogen) atoms. The number of para-hydroxylation sites is 2. The lowest BCUT2D eigenvalue weighted by atomic mass is 10.1. The number of ether oxygens (including phenoxy) is 1. The summed E-state index contributed by atoms with van der Waals surface area (Å²) in [5, 5.41) is 3.94. The van der Waals surface area contributed by atoms with Gasteiger partial charge in [-0.25, -0.2) is 4.98 Å². The van der Waals surface area contributed by atoms with Crippen LogP contribution in [0.15, 0.2) is 42.5 Å². The van der Waals surface area contributed by atoms with E-state index in [0.717, 1.165) is 20.9 Å². The van der Waals surface area contributed by atoms with Crippen LogP contribution >= 0.6 is 11.3 Å². The highest BCUT2D eigenvalue weighted by atomic mass is 32.1. The highest BCUT2D eigenvalue weighted by Gasteiger charge is 2.36. The maximum Gasteiger partial charge on any atom is 0.229 e. The van der Waals surface area contributed by atoms with Crippen LogP contribution in [0.4, 0.5) is 11.4 Å². The quantitative estimate of drug-likeness (QED) is 0.709. The van der Waals surface area contributed by atoms with Crippen molar-refractivity contribution in [2.24, 2.45) is 5.92 Å². The smallest absolute Gasteiger partial charge is 0.229 e. The second-order valence-corrected chi connectivity index (χ2v) is 7.95. The second-order valence-electron chi connectivity index (χ2n) is 6.71. The van der Waals surface area contributed by atoms with Gasteiger partial charge < -0.3 is 15.0 Å². The Hall–Kier alpha value is -2.93. The van der Waals surface area contributed by atoms with Crippen LogP contribution in [-0.4, -0.2) is 29.9 Å². The third-order valence-corrected chi connectivity index (χ3v) is 5.65. The molecule has 0 saturated carbocycles. The lowest BCUT2D eigenvalue weighted by Crippen LogP contribution is -2.28. The van der Waals surface area contributed by atoms with E-state index in [1.54, 1.807) is 16.2 Å². The molecule has 1 unspecified atom stereocenters. The molecule has 0 spiro atoms. The molecule has 1 N–H and O–H groups in total. The van der Waals surface area contributed by atoms with Crippen molar-refractivity contribution in [2.75, 3.05) is 23.4 Å². The van der Waals surface area contributed by atoms with Gasteiger partial charge in [0.15, 0.2) is 0 Å². The van der Waals surface area contributed by atoms with E-state index >= 15 is 0 Å². The van der Waals surface area contributed by atoms with Crippen LogP contribution in [0, 0.1) is 12.8 Å². The van der Waals surface area contributed by atoms with Crippen LogP contribution in [-0.2, 0) is 9.59 Å². The monoisotopic (exact) mass is 395 g/mol. The number of aromatic nitrogens is 1. The van der Waals surface area contributed by atoms with Crippen molar-refractivity contribution in [1.29, 1.82) is 0 Å². The number of rotatable bonds is 5. The normalized spacial score (nSPS) is 16.6. The minimum absolute atomic E-state index is 0.0687. The lowest BCUT2D eigenvalue weighted by molar-refractivity contribution is -0.122. The summed E-state index contributed by atoms with van der Waals surface area (Å²) < 4.78 is 6.67. The first-order valence-electron chi connectivity index (χ1n) is 9.25. The number of carbonyl (C=O) groups excluding carboxylic acids is 2. The fraction of sp³-hybridized carbons (Fsp3) is 0.286. The molecule has 1 fully saturated rings. The van der Waals surface area contributed by atoms with E-state index in [2.05, 4.69) is 10.3 Å². The third-order valence-electron chi connectivity index (χ3n) is 4.71. The van der Waals surface area contributed by atoms with E-state index in [0.29, 0.717) is 24.6 Å². The van der Waals surface area contributed by atoms with Crippen molar-refractivity contribution in [1.82, 2.24) is 4.98 Å². The Morgan fingerprint density at radius 1 is 1.32 bits per heavy atom. The summed E-state index contributed by atoms with van der Waals surface area (Å²) in [7, 11) is 0. The topological polar surface area (TPSA) is 71.5 Å². The Kier molecular flexibility index (Phi) is 5.00. The SMILES string of the molecule is CCOc1ccccc1N1CC(C(=O)Nc2ccc3nc(C)sc3c2)CC1=O. The minimum Gasteiger partial charge on any atom is -0.492 e. The fourth-order valence-corrected chi connectivity index (χ4v) is 4.30. The summed E-state index contributed by atoms with van der Waals surface area (Å²) in [5.41, 5.74) is 2.36. The Balaban J connectivity index is 1.49. The molecule has 144 valence electrons. The zero-order valence-electron chi connectivity index (χ0n) is 15.8. The Morgan fingerprint density at radius 3 is 2.96 bits per heavy atom. The maximum absolute atomic E-state index is 12.8. The highest BCUT2D eigenvalue weighted by molar-refractivity contribution is 7.18. The van der Waals surface area contributed by atoms with Crippen molar-refractivity contribution < 1.29 is 14.3 Å². The molecule has 2 aromatic carbocycles. The molecule has 1 aliphatic heterocycles. The van der Waals surface area contributed by atoms with Crippen molar-refractivity contribution in [3.05, 3.63) is 47.5 Å². The molecular weight excluding hydrogens is 374 g/mol. The van der Waals surface area contributed by atoms with E-state index in [9.17, 15) is 9.59 Å². The molecule has 4 rings (SSSR count). The Morgan fingerprint density at radius 2 is 2.14 bits per heavy atom. The molecule has 1 aromatic heterocycles. The van der Waals surface area contributed by atoms with Gasteiger partial charge in [0, 0.05) is 18.7 Å². The van der Waals surface area contributed by atoms with Crippen LogP contribution < -0.4 is 15.0 Å². The van der Waals surface area contributed by atoms with Crippen LogP contribution in [0.1, 0.15) is 18.4 Å². The standard InChI is InChI=1S/C21H21N3O3S/c1-3-27-18-7-5-4-6-17(18)24-12-14(10-20(24)25)21(26)23-15-8-9-16-19(11-15)28-13(2)22-16/h4-9,11,14H,3,10,12H2,1-2H3,(H,23,26). The molecule has 2 amide bonds. The average molecular weight is 395 g/mol. The number of amides is 2. The van der Waals surface area contributed by atoms with E-state index in [1.807, 2.05) is 56.3 Å². The molecule has 1 atom stereocenters. The van der Waals surface area contributed by atoms with Gasteiger partial charge in [0.25, 0.3) is 0 Å². The molecule has 1 saturated heterocycles. The third kappa shape index (κ3) is 3.57. The van der Waals surface area contributed by atoms with Gasteiger partial charge in [0.05, 0.1) is 33.4 Å². The number of nitrogens with one attached hydrogen (secondary N) is 1. The van der Waals surface area contributed by atoms with Crippen LogP contribution in [0.25, 0.3) is 10.2 Å². The summed E-state index contributed by atoms with van der Waals surface area (Å²) in [4.78, 5) is 31.4. The van der Waals surface area contributed by atoms with Gasteiger partial charge >= 0.3 is 0 Å². The van der Waals surface area contributed by atoms with Gasteiger partial charge in [-0.1, -0.05) is 12.1 Å². The first-order chi connectivity index (χ1) is 13.5. The highest BCUT2D eigenvalue weighted by Crippen LogP contribution is 2.33. The number of hydrogen-bond donors (Lipinski definition) is 1. The number of benzene rings is 2. The summed E-state index contributed by atoms with van der Waals surface area (Å²) >= 11 is 1.59. The zero-order valence-corrected chi connectivity index (χ0v) is 16.6. The number of nitrogens with zero attached hydrogens (tertiary/aromatic N) is 2. The summed E-state index contributed by atoms with van der Waals surface area (Å²) in [6.07, 6.45) is 0.189. The van der Waals surface area contributed by atoms with Crippen molar-refractivity contribution in [3.63, 3.8) is 0 Å². The first kappa shape index (κ1) is 18.4. The minimum atomic E-state index is -0.402. The molecule has 1 aliphatic rings. The number of carbonyl (C=O) groups is 2.